The minimum absolute atomic E-state index is 0.153. The fraction of sp³-hybridized carbons (Fsp3) is 0.900. The first-order chi connectivity index (χ1) is 6.52. The molecule has 0 radical (unpaired) electrons. The highest BCUT2D eigenvalue weighted by molar-refractivity contribution is 5.74. The number of amides is 1. The molecule has 2 saturated heterocycles. The Balaban J connectivity index is 1.88. The first-order valence-corrected chi connectivity index (χ1v) is 5.28. The number of rotatable bonds is 1. The molecule has 2 aliphatic rings. The van der Waals surface area contributed by atoms with Crippen molar-refractivity contribution in [3.63, 3.8) is 0 Å². The number of hydrogen-bond donors (Lipinski definition) is 1. The molecule has 0 unspecified atom stereocenters. The van der Waals surface area contributed by atoms with Gasteiger partial charge >= 0.3 is 0 Å². The van der Waals surface area contributed by atoms with Crippen molar-refractivity contribution in [2.75, 3.05) is 26.2 Å². The van der Waals surface area contributed by atoms with Crippen molar-refractivity contribution < 1.29 is 4.79 Å². The smallest absolute Gasteiger partial charge is 0.219 e. The van der Waals surface area contributed by atoms with Crippen molar-refractivity contribution in [1.29, 1.82) is 0 Å². The van der Waals surface area contributed by atoms with Gasteiger partial charge in [-0.15, -0.1) is 0 Å². The second-order valence-corrected chi connectivity index (χ2v) is 4.84. The average molecular weight is 197 g/mol. The molecule has 1 atom stereocenters. The van der Waals surface area contributed by atoms with Crippen LogP contribution in [-0.4, -0.2) is 48.1 Å². The van der Waals surface area contributed by atoms with Gasteiger partial charge in [-0.05, 0) is 13.3 Å². The van der Waals surface area contributed by atoms with E-state index < -0.39 is 0 Å². The van der Waals surface area contributed by atoms with Crippen LogP contribution < -0.4 is 5.73 Å². The Morgan fingerprint density at radius 1 is 1.43 bits per heavy atom. The zero-order valence-corrected chi connectivity index (χ0v) is 8.99. The van der Waals surface area contributed by atoms with Crippen LogP contribution in [0.3, 0.4) is 0 Å². The molecule has 2 N–H and O–H groups in total. The topological polar surface area (TPSA) is 49.6 Å². The Labute approximate surface area is 85.0 Å². The molecule has 2 rings (SSSR count). The van der Waals surface area contributed by atoms with E-state index in [0.29, 0.717) is 5.41 Å². The maximum Gasteiger partial charge on any atom is 0.219 e. The SMILES string of the molecule is CC(=O)N1CC2(CCN([C@@H](C)N)C2)C1. The molecular formula is C10H19N3O. The summed E-state index contributed by atoms with van der Waals surface area (Å²) in [6.07, 6.45) is 1.35. The quantitative estimate of drug-likeness (QED) is 0.636. The highest BCUT2D eigenvalue weighted by Gasteiger charge is 2.48. The number of hydrogen-bond acceptors (Lipinski definition) is 3. The third-order valence-electron chi connectivity index (χ3n) is 3.54. The molecule has 0 aromatic carbocycles. The fourth-order valence-corrected chi connectivity index (χ4v) is 2.56. The third kappa shape index (κ3) is 1.53. The minimum Gasteiger partial charge on any atom is -0.342 e. The zero-order chi connectivity index (χ0) is 10.3. The van der Waals surface area contributed by atoms with Crippen LogP contribution in [0.1, 0.15) is 20.3 Å². The van der Waals surface area contributed by atoms with E-state index in [9.17, 15) is 4.79 Å². The van der Waals surface area contributed by atoms with Crippen LogP contribution in [0.25, 0.3) is 0 Å². The lowest BCUT2D eigenvalue weighted by Crippen LogP contribution is -2.59. The van der Waals surface area contributed by atoms with Crippen molar-refractivity contribution >= 4 is 5.91 Å². The molecule has 0 aromatic rings. The molecule has 1 amide bonds. The third-order valence-corrected chi connectivity index (χ3v) is 3.54. The first kappa shape index (κ1) is 9.93. The average Bonchev–Trinajstić information content (AvgIpc) is 2.44. The van der Waals surface area contributed by atoms with Gasteiger partial charge in [0.25, 0.3) is 0 Å². The van der Waals surface area contributed by atoms with Crippen molar-refractivity contribution in [3.8, 4) is 0 Å². The number of nitrogens with zero attached hydrogens (tertiary/aromatic N) is 2. The molecule has 0 aliphatic carbocycles. The van der Waals surface area contributed by atoms with Crippen LogP contribution in [0.15, 0.2) is 0 Å². The van der Waals surface area contributed by atoms with Gasteiger partial charge in [-0.2, -0.15) is 0 Å². The normalized spacial score (nSPS) is 27.8. The molecule has 80 valence electrons. The highest BCUT2D eigenvalue weighted by atomic mass is 16.2. The molecule has 1 spiro atoms. The lowest BCUT2D eigenvalue weighted by atomic mass is 9.79. The Kier molecular flexibility index (Phi) is 2.27. The Morgan fingerprint density at radius 2 is 2.07 bits per heavy atom. The van der Waals surface area contributed by atoms with E-state index in [1.54, 1.807) is 6.92 Å². The van der Waals surface area contributed by atoms with Gasteiger partial charge < -0.3 is 10.6 Å². The van der Waals surface area contributed by atoms with E-state index in [2.05, 4.69) is 4.90 Å². The molecular weight excluding hydrogens is 178 g/mol. The minimum atomic E-state index is 0.153. The van der Waals surface area contributed by atoms with Crippen molar-refractivity contribution in [2.45, 2.75) is 26.4 Å². The lowest BCUT2D eigenvalue weighted by molar-refractivity contribution is -0.140. The summed E-state index contributed by atoms with van der Waals surface area (Å²) in [6, 6.07) is 0. The van der Waals surface area contributed by atoms with Gasteiger partial charge in [-0.3, -0.25) is 9.69 Å². The Bertz CT molecular complexity index is 246. The zero-order valence-electron chi connectivity index (χ0n) is 8.99. The summed E-state index contributed by atoms with van der Waals surface area (Å²) in [6.45, 7) is 7.69. The molecule has 4 nitrogen and oxygen atoms in total. The number of nitrogens with two attached hydrogens (primary N) is 1. The van der Waals surface area contributed by atoms with Crippen molar-refractivity contribution in [2.24, 2.45) is 11.1 Å². The van der Waals surface area contributed by atoms with Gasteiger partial charge in [0.15, 0.2) is 0 Å². The predicted octanol–water partition coefficient (Wildman–Crippen LogP) is -0.155. The largest absolute Gasteiger partial charge is 0.342 e. The summed E-state index contributed by atoms with van der Waals surface area (Å²) in [5.41, 5.74) is 6.21. The van der Waals surface area contributed by atoms with E-state index in [1.165, 1.54) is 6.42 Å². The number of carbonyl (C=O) groups excluding carboxylic acids is 1. The standard InChI is InChI=1S/C10H19N3O/c1-8(11)12-4-3-10(5-12)6-13(7-10)9(2)14/h8H,3-7,11H2,1-2H3/t8-/m0/s1. The van der Waals surface area contributed by atoms with E-state index in [0.717, 1.165) is 26.2 Å². The summed E-state index contributed by atoms with van der Waals surface area (Å²) >= 11 is 0. The maximum atomic E-state index is 11.1. The van der Waals surface area contributed by atoms with Gasteiger partial charge in [0, 0.05) is 38.5 Å². The molecule has 0 bridgehead atoms. The van der Waals surface area contributed by atoms with E-state index in [1.807, 2.05) is 11.8 Å². The van der Waals surface area contributed by atoms with E-state index >= 15 is 0 Å². The van der Waals surface area contributed by atoms with Crippen LogP contribution in [0.2, 0.25) is 0 Å². The van der Waals surface area contributed by atoms with Gasteiger partial charge in [0.1, 0.15) is 0 Å². The summed E-state index contributed by atoms with van der Waals surface area (Å²) < 4.78 is 0. The predicted molar refractivity (Wildman–Crippen MR) is 54.5 cm³/mol. The van der Waals surface area contributed by atoms with Gasteiger partial charge in [-0.25, -0.2) is 0 Å². The molecule has 2 heterocycles. The van der Waals surface area contributed by atoms with Crippen molar-refractivity contribution in [1.82, 2.24) is 9.80 Å². The molecule has 4 heteroatoms. The molecule has 14 heavy (non-hydrogen) atoms. The fourth-order valence-electron chi connectivity index (χ4n) is 2.56. The summed E-state index contributed by atoms with van der Waals surface area (Å²) in [5.74, 6) is 0.204. The molecule has 0 saturated carbocycles. The van der Waals surface area contributed by atoms with Gasteiger partial charge in [0.05, 0.1) is 6.17 Å². The van der Waals surface area contributed by atoms with Gasteiger partial charge in [-0.1, -0.05) is 0 Å². The molecule has 2 fully saturated rings. The monoisotopic (exact) mass is 197 g/mol. The summed E-state index contributed by atoms with van der Waals surface area (Å²) in [4.78, 5) is 15.3. The van der Waals surface area contributed by atoms with Crippen molar-refractivity contribution in [3.05, 3.63) is 0 Å². The van der Waals surface area contributed by atoms with Crippen LogP contribution in [-0.2, 0) is 4.79 Å². The Morgan fingerprint density at radius 3 is 2.50 bits per heavy atom. The lowest BCUT2D eigenvalue weighted by Gasteiger charge is -2.48. The van der Waals surface area contributed by atoms with Crippen LogP contribution in [0, 0.1) is 5.41 Å². The van der Waals surface area contributed by atoms with E-state index in [-0.39, 0.29) is 12.1 Å². The second-order valence-electron chi connectivity index (χ2n) is 4.84. The molecule has 0 aromatic heterocycles. The summed E-state index contributed by atoms with van der Waals surface area (Å²) in [5, 5.41) is 0. The van der Waals surface area contributed by atoms with Crippen LogP contribution >= 0.6 is 0 Å². The maximum absolute atomic E-state index is 11.1. The Hall–Kier alpha value is -0.610. The van der Waals surface area contributed by atoms with Crippen LogP contribution in [0.5, 0.6) is 0 Å². The molecule has 2 aliphatic heterocycles. The van der Waals surface area contributed by atoms with Gasteiger partial charge in [0.2, 0.25) is 5.91 Å². The summed E-state index contributed by atoms with van der Waals surface area (Å²) in [7, 11) is 0. The first-order valence-electron chi connectivity index (χ1n) is 5.28. The van der Waals surface area contributed by atoms with Crippen LogP contribution in [0.4, 0.5) is 0 Å². The van der Waals surface area contributed by atoms with E-state index in [4.69, 9.17) is 5.73 Å². The number of likely N-dealkylation sites (tertiary alicyclic amines) is 2. The highest BCUT2D eigenvalue weighted by Crippen LogP contribution is 2.39. The second kappa shape index (κ2) is 3.21. The number of carbonyl (C=O) groups is 1.